The van der Waals surface area contributed by atoms with E-state index in [0.29, 0.717) is 25.2 Å². The summed E-state index contributed by atoms with van der Waals surface area (Å²) < 4.78 is 18.4. The number of halogens is 1. The number of hydrogen-bond acceptors (Lipinski definition) is 4. The summed E-state index contributed by atoms with van der Waals surface area (Å²) in [5.74, 6) is -0.127. The van der Waals surface area contributed by atoms with Crippen LogP contribution in [0.25, 0.3) is 0 Å². The third kappa shape index (κ3) is 7.32. The van der Waals surface area contributed by atoms with Crippen molar-refractivity contribution < 1.29 is 19.0 Å². The standard InChI is InChI=1S/C17H27FN2O3/c1-12(11-20(5)16(22)23-17(2,3)4)9-19-10-13-8-14(18)6-7-15(13)21/h6-8,12,19,21H,9-11H2,1-5H3. The first-order valence-electron chi connectivity index (χ1n) is 7.70. The highest BCUT2D eigenvalue weighted by Crippen LogP contribution is 2.17. The van der Waals surface area contributed by atoms with Gasteiger partial charge in [-0.2, -0.15) is 0 Å². The number of amides is 1. The number of carbonyl (C=O) groups is 1. The first-order valence-corrected chi connectivity index (χ1v) is 7.70. The van der Waals surface area contributed by atoms with Gasteiger partial charge in [-0.1, -0.05) is 6.92 Å². The van der Waals surface area contributed by atoms with E-state index in [-0.39, 0.29) is 23.6 Å². The molecule has 1 aromatic rings. The lowest BCUT2D eigenvalue weighted by molar-refractivity contribution is 0.0277. The molecular formula is C17H27FN2O3. The molecule has 0 saturated carbocycles. The summed E-state index contributed by atoms with van der Waals surface area (Å²) in [4.78, 5) is 13.4. The molecule has 0 spiro atoms. The minimum atomic E-state index is -0.512. The van der Waals surface area contributed by atoms with Crippen LogP contribution in [0.4, 0.5) is 9.18 Å². The molecule has 0 fully saturated rings. The molecule has 0 aliphatic carbocycles. The van der Waals surface area contributed by atoms with E-state index in [9.17, 15) is 14.3 Å². The molecule has 0 saturated heterocycles. The number of carbonyl (C=O) groups excluding carboxylic acids is 1. The number of nitrogens with zero attached hydrogens (tertiary/aromatic N) is 1. The fourth-order valence-corrected chi connectivity index (χ4v) is 2.10. The molecule has 0 aliphatic heterocycles. The van der Waals surface area contributed by atoms with Crippen LogP contribution in [0.2, 0.25) is 0 Å². The number of ether oxygens (including phenoxy) is 1. The van der Waals surface area contributed by atoms with Crippen LogP contribution in [0.5, 0.6) is 5.75 Å². The van der Waals surface area contributed by atoms with Crippen molar-refractivity contribution in [3.63, 3.8) is 0 Å². The second-order valence-electron chi connectivity index (χ2n) is 6.87. The minimum Gasteiger partial charge on any atom is -0.508 e. The van der Waals surface area contributed by atoms with Crippen LogP contribution in [0.3, 0.4) is 0 Å². The van der Waals surface area contributed by atoms with Gasteiger partial charge in [0.2, 0.25) is 0 Å². The molecule has 23 heavy (non-hydrogen) atoms. The summed E-state index contributed by atoms with van der Waals surface area (Å²) in [7, 11) is 1.70. The molecule has 1 rings (SSSR count). The van der Waals surface area contributed by atoms with Gasteiger partial charge in [0.15, 0.2) is 0 Å². The van der Waals surface area contributed by atoms with Crippen molar-refractivity contribution >= 4 is 6.09 Å². The molecule has 0 aliphatic rings. The van der Waals surface area contributed by atoms with Gasteiger partial charge in [0.05, 0.1) is 0 Å². The van der Waals surface area contributed by atoms with Crippen molar-refractivity contribution in [2.45, 2.75) is 39.8 Å². The Bertz CT molecular complexity index is 529. The maximum absolute atomic E-state index is 13.1. The van der Waals surface area contributed by atoms with Crippen molar-refractivity contribution in [3.05, 3.63) is 29.6 Å². The SMILES string of the molecule is CC(CNCc1cc(F)ccc1O)CN(C)C(=O)OC(C)(C)C. The van der Waals surface area contributed by atoms with E-state index in [1.165, 1.54) is 23.1 Å². The molecule has 0 heterocycles. The number of nitrogens with one attached hydrogen (secondary N) is 1. The van der Waals surface area contributed by atoms with Gasteiger partial charge in [-0.3, -0.25) is 0 Å². The zero-order valence-corrected chi connectivity index (χ0v) is 14.5. The highest BCUT2D eigenvalue weighted by molar-refractivity contribution is 5.67. The van der Waals surface area contributed by atoms with Gasteiger partial charge < -0.3 is 20.1 Å². The molecule has 130 valence electrons. The summed E-state index contributed by atoms with van der Waals surface area (Å²) in [6, 6.07) is 3.86. The van der Waals surface area contributed by atoms with Gasteiger partial charge >= 0.3 is 6.09 Å². The molecule has 1 atom stereocenters. The molecule has 6 heteroatoms. The summed E-state index contributed by atoms with van der Waals surface area (Å²) in [6.07, 6.45) is -0.355. The van der Waals surface area contributed by atoms with Crippen LogP contribution in [0.15, 0.2) is 18.2 Å². The lowest BCUT2D eigenvalue weighted by Gasteiger charge is -2.26. The van der Waals surface area contributed by atoms with E-state index < -0.39 is 5.60 Å². The zero-order valence-electron chi connectivity index (χ0n) is 14.5. The van der Waals surface area contributed by atoms with Gasteiger partial charge in [0.1, 0.15) is 17.2 Å². The van der Waals surface area contributed by atoms with E-state index in [1.54, 1.807) is 7.05 Å². The highest BCUT2D eigenvalue weighted by atomic mass is 19.1. The van der Waals surface area contributed by atoms with Crippen molar-refractivity contribution in [1.82, 2.24) is 10.2 Å². The van der Waals surface area contributed by atoms with Crippen LogP contribution in [0.1, 0.15) is 33.3 Å². The summed E-state index contributed by atoms with van der Waals surface area (Å²) >= 11 is 0. The number of hydrogen-bond donors (Lipinski definition) is 2. The highest BCUT2D eigenvalue weighted by Gasteiger charge is 2.20. The van der Waals surface area contributed by atoms with Gasteiger partial charge in [-0.25, -0.2) is 9.18 Å². The third-order valence-corrected chi connectivity index (χ3v) is 3.14. The van der Waals surface area contributed by atoms with Gasteiger partial charge in [-0.05, 0) is 51.4 Å². The average Bonchev–Trinajstić information content (AvgIpc) is 2.40. The Morgan fingerprint density at radius 2 is 2.09 bits per heavy atom. The molecule has 2 N–H and O–H groups in total. The molecule has 5 nitrogen and oxygen atoms in total. The largest absolute Gasteiger partial charge is 0.508 e. The lowest BCUT2D eigenvalue weighted by Crippen LogP contribution is -2.38. The first-order chi connectivity index (χ1) is 10.6. The maximum atomic E-state index is 13.1. The van der Waals surface area contributed by atoms with E-state index in [1.807, 2.05) is 27.7 Å². The fourth-order valence-electron chi connectivity index (χ4n) is 2.10. The number of aromatic hydroxyl groups is 1. The Morgan fingerprint density at radius 1 is 1.43 bits per heavy atom. The predicted octanol–water partition coefficient (Wildman–Crippen LogP) is 3.12. The molecule has 0 aromatic heterocycles. The Morgan fingerprint density at radius 3 is 2.70 bits per heavy atom. The molecule has 1 aromatic carbocycles. The van der Waals surface area contributed by atoms with E-state index in [2.05, 4.69) is 5.32 Å². The second-order valence-corrected chi connectivity index (χ2v) is 6.87. The Labute approximate surface area is 137 Å². The molecular weight excluding hydrogens is 299 g/mol. The topological polar surface area (TPSA) is 61.8 Å². The van der Waals surface area contributed by atoms with Gasteiger partial charge in [-0.15, -0.1) is 0 Å². The zero-order chi connectivity index (χ0) is 17.6. The van der Waals surface area contributed by atoms with Crippen molar-refractivity contribution in [1.29, 1.82) is 0 Å². The number of phenols is 1. The molecule has 0 bridgehead atoms. The lowest BCUT2D eigenvalue weighted by atomic mass is 10.1. The average molecular weight is 326 g/mol. The van der Waals surface area contributed by atoms with Crippen molar-refractivity contribution in [3.8, 4) is 5.75 Å². The third-order valence-electron chi connectivity index (χ3n) is 3.14. The normalized spacial score (nSPS) is 12.8. The number of phenolic OH excluding ortho intramolecular Hbond substituents is 1. The quantitative estimate of drug-likeness (QED) is 0.843. The van der Waals surface area contributed by atoms with Crippen LogP contribution >= 0.6 is 0 Å². The summed E-state index contributed by atoms with van der Waals surface area (Å²) in [5, 5.41) is 12.8. The first kappa shape index (κ1) is 19.2. The van der Waals surface area contributed by atoms with Gasteiger partial charge in [0, 0.05) is 25.7 Å². The van der Waals surface area contributed by atoms with Crippen LogP contribution < -0.4 is 5.32 Å². The monoisotopic (exact) mass is 326 g/mol. The molecule has 1 amide bonds. The van der Waals surface area contributed by atoms with Gasteiger partial charge in [0.25, 0.3) is 0 Å². The van der Waals surface area contributed by atoms with Crippen molar-refractivity contribution in [2.75, 3.05) is 20.1 Å². The Hall–Kier alpha value is -1.82. The minimum absolute atomic E-state index is 0.0671. The Kier molecular flexibility index (Phi) is 6.81. The van der Waals surface area contributed by atoms with Crippen LogP contribution in [0, 0.1) is 11.7 Å². The second kappa shape index (κ2) is 8.15. The van der Waals surface area contributed by atoms with Crippen LogP contribution in [-0.4, -0.2) is 41.8 Å². The predicted molar refractivity (Wildman–Crippen MR) is 87.8 cm³/mol. The molecule has 0 radical (unpaired) electrons. The van der Waals surface area contributed by atoms with Crippen molar-refractivity contribution in [2.24, 2.45) is 5.92 Å². The fraction of sp³-hybridized carbons (Fsp3) is 0.588. The van der Waals surface area contributed by atoms with E-state index in [4.69, 9.17) is 4.74 Å². The maximum Gasteiger partial charge on any atom is 0.410 e. The van der Waals surface area contributed by atoms with Crippen LogP contribution in [-0.2, 0) is 11.3 Å². The van der Waals surface area contributed by atoms with E-state index in [0.717, 1.165) is 0 Å². The summed E-state index contributed by atoms with van der Waals surface area (Å²) in [5.41, 5.74) is -0.000406. The Balaban J connectivity index is 2.38. The van der Waals surface area contributed by atoms with E-state index >= 15 is 0 Å². The number of rotatable bonds is 6. The smallest absolute Gasteiger partial charge is 0.410 e. The summed E-state index contributed by atoms with van der Waals surface area (Å²) in [6.45, 7) is 9.02. The molecule has 1 unspecified atom stereocenters. The number of benzene rings is 1.